The molecule has 0 saturated heterocycles. The largest absolute Gasteiger partial charge is 0.496 e. The van der Waals surface area contributed by atoms with Crippen LogP contribution < -0.4 is 15.2 Å². The van der Waals surface area contributed by atoms with E-state index in [-0.39, 0.29) is 6.04 Å². The molecule has 2 N–H and O–H groups in total. The lowest BCUT2D eigenvalue weighted by atomic mass is 9.98. The van der Waals surface area contributed by atoms with E-state index in [0.29, 0.717) is 11.6 Å². The van der Waals surface area contributed by atoms with Crippen LogP contribution in [0.1, 0.15) is 30.5 Å². The first-order valence-corrected chi connectivity index (χ1v) is 7.36. The average molecular weight is 306 g/mol. The van der Waals surface area contributed by atoms with Crippen LogP contribution in [0.2, 0.25) is 5.02 Å². The van der Waals surface area contributed by atoms with Crippen molar-refractivity contribution in [2.24, 2.45) is 5.73 Å². The Labute approximate surface area is 130 Å². The molecule has 0 aliphatic heterocycles. The Kier molecular flexibility index (Phi) is 5.48. The van der Waals surface area contributed by atoms with Gasteiger partial charge in [-0.3, -0.25) is 0 Å². The Morgan fingerprint density at radius 3 is 2.57 bits per heavy atom. The minimum atomic E-state index is -0.355. The molecule has 0 heterocycles. The van der Waals surface area contributed by atoms with Gasteiger partial charge in [0.05, 0.1) is 19.8 Å². The molecule has 2 aromatic rings. The topological polar surface area (TPSA) is 44.5 Å². The summed E-state index contributed by atoms with van der Waals surface area (Å²) < 4.78 is 11.2. The molecule has 1 unspecified atom stereocenters. The monoisotopic (exact) mass is 305 g/mol. The summed E-state index contributed by atoms with van der Waals surface area (Å²) >= 11 is 6.09. The van der Waals surface area contributed by atoms with E-state index in [1.54, 1.807) is 13.2 Å². The number of para-hydroxylation sites is 1. The van der Waals surface area contributed by atoms with Crippen LogP contribution in [0.4, 0.5) is 0 Å². The zero-order valence-corrected chi connectivity index (χ0v) is 13.1. The van der Waals surface area contributed by atoms with Crippen molar-refractivity contribution < 1.29 is 9.47 Å². The molecule has 0 aliphatic rings. The van der Waals surface area contributed by atoms with E-state index in [2.05, 4.69) is 6.92 Å². The summed E-state index contributed by atoms with van der Waals surface area (Å²) in [6.45, 7) is 2.74. The van der Waals surface area contributed by atoms with Crippen LogP contribution in [0.15, 0.2) is 42.5 Å². The zero-order valence-electron chi connectivity index (χ0n) is 12.3. The van der Waals surface area contributed by atoms with Gasteiger partial charge in [0.25, 0.3) is 0 Å². The van der Waals surface area contributed by atoms with Crippen LogP contribution in [0.3, 0.4) is 0 Å². The minimum Gasteiger partial charge on any atom is -0.496 e. The second-order valence-electron chi connectivity index (χ2n) is 4.75. The van der Waals surface area contributed by atoms with E-state index in [1.165, 1.54) is 0 Å². The molecule has 0 radical (unpaired) electrons. The van der Waals surface area contributed by atoms with Crippen LogP contribution in [-0.4, -0.2) is 13.7 Å². The minimum absolute atomic E-state index is 0.355. The van der Waals surface area contributed by atoms with E-state index in [0.717, 1.165) is 29.0 Å². The van der Waals surface area contributed by atoms with Crippen LogP contribution in [-0.2, 0) is 0 Å². The van der Waals surface area contributed by atoms with Gasteiger partial charge in [0, 0.05) is 16.1 Å². The third-order valence-electron chi connectivity index (χ3n) is 3.24. The number of methoxy groups -OCH3 is 1. The lowest BCUT2D eigenvalue weighted by Crippen LogP contribution is -2.15. The predicted octanol–water partition coefficient (Wildman–Crippen LogP) is 4.19. The van der Waals surface area contributed by atoms with Gasteiger partial charge in [-0.05, 0) is 30.7 Å². The number of hydrogen-bond donors (Lipinski definition) is 1. The number of hydrogen-bond acceptors (Lipinski definition) is 3. The van der Waals surface area contributed by atoms with Crippen LogP contribution in [0.5, 0.6) is 11.5 Å². The highest BCUT2D eigenvalue weighted by Crippen LogP contribution is 2.34. The number of halogens is 1. The Morgan fingerprint density at radius 2 is 1.86 bits per heavy atom. The fourth-order valence-corrected chi connectivity index (χ4v) is 2.38. The van der Waals surface area contributed by atoms with Gasteiger partial charge in [-0.2, -0.15) is 0 Å². The predicted molar refractivity (Wildman–Crippen MR) is 86.3 cm³/mol. The van der Waals surface area contributed by atoms with Gasteiger partial charge in [0.1, 0.15) is 11.5 Å². The SMILES string of the molecule is CCCOc1ccccc1C(N)c1cc(Cl)ccc1OC. The molecule has 0 aliphatic carbocycles. The van der Waals surface area contributed by atoms with Gasteiger partial charge in [-0.15, -0.1) is 0 Å². The van der Waals surface area contributed by atoms with Crippen molar-refractivity contribution in [1.82, 2.24) is 0 Å². The van der Waals surface area contributed by atoms with Crippen molar-refractivity contribution in [1.29, 1.82) is 0 Å². The maximum Gasteiger partial charge on any atom is 0.124 e. The van der Waals surface area contributed by atoms with Crippen LogP contribution in [0, 0.1) is 0 Å². The van der Waals surface area contributed by atoms with Gasteiger partial charge in [-0.25, -0.2) is 0 Å². The molecule has 2 rings (SSSR count). The molecule has 0 spiro atoms. The molecule has 0 bridgehead atoms. The first-order valence-electron chi connectivity index (χ1n) is 6.98. The van der Waals surface area contributed by atoms with Crippen molar-refractivity contribution in [2.75, 3.05) is 13.7 Å². The molecule has 3 nitrogen and oxygen atoms in total. The Balaban J connectivity index is 2.40. The lowest BCUT2D eigenvalue weighted by molar-refractivity contribution is 0.313. The average Bonchev–Trinajstić information content (AvgIpc) is 2.52. The lowest BCUT2D eigenvalue weighted by Gasteiger charge is -2.19. The van der Waals surface area contributed by atoms with Crippen molar-refractivity contribution in [3.05, 3.63) is 58.6 Å². The third-order valence-corrected chi connectivity index (χ3v) is 3.48. The van der Waals surface area contributed by atoms with Gasteiger partial charge in [-0.1, -0.05) is 36.7 Å². The fourth-order valence-electron chi connectivity index (χ4n) is 2.20. The Hall–Kier alpha value is -1.71. The highest BCUT2D eigenvalue weighted by atomic mass is 35.5. The molecule has 112 valence electrons. The van der Waals surface area contributed by atoms with E-state index < -0.39 is 0 Å². The standard InChI is InChI=1S/C17H20ClNO2/c1-3-10-21-16-7-5-4-6-13(16)17(19)14-11-12(18)8-9-15(14)20-2/h4-9,11,17H,3,10,19H2,1-2H3. The highest BCUT2D eigenvalue weighted by Gasteiger charge is 2.18. The summed E-state index contributed by atoms with van der Waals surface area (Å²) in [7, 11) is 1.62. The summed E-state index contributed by atoms with van der Waals surface area (Å²) in [5.41, 5.74) is 8.18. The maximum atomic E-state index is 6.42. The Morgan fingerprint density at radius 1 is 1.10 bits per heavy atom. The normalized spacial score (nSPS) is 12.0. The molecule has 0 fully saturated rings. The van der Waals surface area contributed by atoms with Crippen molar-refractivity contribution in [3.8, 4) is 11.5 Å². The van der Waals surface area contributed by atoms with Gasteiger partial charge in [0.15, 0.2) is 0 Å². The molecule has 0 amide bonds. The maximum absolute atomic E-state index is 6.42. The molecule has 0 saturated carbocycles. The van der Waals surface area contributed by atoms with Crippen molar-refractivity contribution >= 4 is 11.6 Å². The molecule has 1 atom stereocenters. The van der Waals surface area contributed by atoms with E-state index in [9.17, 15) is 0 Å². The summed E-state index contributed by atoms with van der Waals surface area (Å²) in [4.78, 5) is 0. The first kappa shape index (κ1) is 15.7. The molecule has 0 aromatic heterocycles. The van der Waals surface area contributed by atoms with Crippen molar-refractivity contribution in [2.45, 2.75) is 19.4 Å². The van der Waals surface area contributed by atoms with Crippen LogP contribution in [0.25, 0.3) is 0 Å². The molecular weight excluding hydrogens is 286 g/mol. The highest BCUT2D eigenvalue weighted by molar-refractivity contribution is 6.30. The molecular formula is C17H20ClNO2. The molecule has 2 aromatic carbocycles. The fraction of sp³-hybridized carbons (Fsp3) is 0.294. The van der Waals surface area contributed by atoms with Crippen molar-refractivity contribution in [3.63, 3.8) is 0 Å². The number of rotatable bonds is 6. The van der Waals surface area contributed by atoms with E-state index >= 15 is 0 Å². The summed E-state index contributed by atoms with van der Waals surface area (Å²) in [5, 5.41) is 0.633. The summed E-state index contributed by atoms with van der Waals surface area (Å²) in [6, 6.07) is 12.9. The molecule has 4 heteroatoms. The molecule has 21 heavy (non-hydrogen) atoms. The number of ether oxygens (including phenoxy) is 2. The van der Waals surface area contributed by atoms with Gasteiger partial charge in [0.2, 0.25) is 0 Å². The smallest absolute Gasteiger partial charge is 0.124 e. The van der Waals surface area contributed by atoms with E-state index in [1.807, 2.05) is 36.4 Å². The summed E-state index contributed by atoms with van der Waals surface area (Å²) in [6.07, 6.45) is 0.948. The second kappa shape index (κ2) is 7.34. The number of nitrogens with two attached hydrogens (primary N) is 1. The second-order valence-corrected chi connectivity index (χ2v) is 5.19. The quantitative estimate of drug-likeness (QED) is 0.870. The van der Waals surface area contributed by atoms with Crippen LogP contribution >= 0.6 is 11.6 Å². The van der Waals surface area contributed by atoms with Gasteiger partial charge >= 0.3 is 0 Å². The Bertz CT molecular complexity index is 601. The first-order chi connectivity index (χ1) is 10.2. The zero-order chi connectivity index (χ0) is 15.2. The third kappa shape index (κ3) is 3.69. The van der Waals surface area contributed by atoms with E-state index in [4.69, 9.17) is 26.8 Å². The number of benzene rings is 2. The summed E-state index contributed by atoms with van der Waals surface area (Å²) in [5.74, 6) is 1.52. The van der Waals surface area contributed by atoms with Gasteiger partial charge < -0.3 is 15.2 Å².